The number of amides is 1. The molecule has 0 saturated carbocycles. The van der Waals surface area contributed by atoms with Gasteiger partial charge in [-0.2, -0.15) is 4.98 Å². The van der Waals surface area contributed by atoms with Crippen LogP contribution in [0, 0.1) is 6.92 Å². The van der Waals surface area contributed by atoms with E-state index in [1.54, 1.807) is 13.0 Å². The molecule has 0 unspecified atom stereocenters. The number of aryl methyl sites for hydroxylation is 1. The number of nitrogens with one attached hydrogen (secondary N) is 1. The highest BCUT2D eigenvalue weighted by Crippen LogP contribution is 2.38. The highest BCUT2D eigenvalue weighted by molar-refractivity contribution is 7.19. The van der Waals surface area contributed by atoms with E-state index >= 15 is 0 Å². The van der Waals surface area contributed by atoms with Crippen molar-refractivity contribution in [3.05, 3.63) is 54.6 Å². The zero-order chi connectivity index (χ0) is 17.9. The van der Waals surface area contributed by atoms with Gasteiger partial charge in [0.15, 0.2) is 11.0 Å². The lowest BCUT2D eigenvalue weighted by Gasteiger charge is -2.00. The Hall–Kier alpha value is -3.46. The van der Waals surface area contributed by atoms with Gasteiger partial charge in [-0.3, -0.25) is 5.32 Å². The molecule has 4 aromatic rings. The van der Waals surface area contributed by atoms with Crippen LogP contribution in [0.5, 0.6) is 5.95 Å². The number of aromatic nitrogens is 3. The third-order valence-electron chi connectivity index (χ3n) is 3.29. The summed E-state index contributed by atoms with van der Waals surface area (Å²) in [4.78, 5) is 21.4. The number of carbonyl (C=O) groups is 1. The third-order valence-corrected chi connectivity index (χ3v) is 4.25. The maximum absolute atomic E-state index is 12.0. The Morgan fingerprint density at radius 1 is 1.15 bits per heavy atom. The predicted octanol–water partition coefficient (Wildman–Crippen LogP) is 4.37. The van der Waals surface area contributed by atoms with Gasteiger partial charge in [-0.15, -0.1) is 0 Å². The van der Waals surface area contributed by atoms with E-state index in [0.29, 0.717) is 27.4 Å². The summed E-state index contributed by atoms with van der Waals surface area (Å²) in [5.41, 5.74) is 1.50. The predicted molar refractivity (Wildman–Crippen MR) is 93.9 cm³/mol. The molecule has 1 amide bonds. The zero-order valence-corrected chi connectivity index (χ0v) is 14.3. The van der Waals surface area contributed by atoms with E-state index < -0.39 is 6.09 Å². The molecule has 0 atom stereocenters. The first-order valence-electron chi connectivity index (χ1n) is 7.58. The highest BCUT2D eigenvalue weighted by Gasteiger charge is 2.21. The highest BCUT2D eigenvalue weighted by atomic mass is 32.1. The number of anilines is 1. The molecule has 0 aliphatic heterocycles. The van der Waals surface area contributed by atoms with Gasteiger partial charge < -0.3 is 13.7 Å². The van der Waals surface area contributed by atoms with Gasteiger partial charge in [0.2, 0.25) is 0 Å². The van der Waals surface area contributed by atoms with Crippen molar-refractivity contribution < 1.29 is 18.5 Å². The van der Waals surface area contributed by atoms with Crippen LogP contribution in [-0.4, -0.2) is 21.2 Å². The first-order chi connectivity index (χ1) is 12.7. The van der Waals surface area contributed by atoms with Crippen LogP contribution < -0.4 is 10.1 Å². The molecule has 1 aromatic carbocycles. The molecular formula is C17H12N4O4S. The van der Waals surface area contributed by atoms with Crippen LogP contribution in [0.2, 0.25) is 0 Å². The van der Waals surface area contributed by atoms with Gasteiger partial charge in [-0.05, 0) is 13.0 Å². The van der Waals surface area contributed by atoms with Crippen LogP contribution in [0.15, 0.2) is 57.7 Å². The van der Waals surface area contributed by atoms with Crippen LogP contribution in [0.1, 0.15) is 5.82 Å². The second-order valence-electron chi connectivity index (χ2n) is 5.16. The van der Waals surface area contributed by atoms with Crippen molar-refractivity contribution in [2.24, 2.45) is 0 Å². The summed E-state index contributed by atoms with van der Waals surface area (Å²) in [6, 6.07) is 12.7. The average molecular weight is 368 g/mol. The topological polar surface area (TPSA) is 103 Å². The molecule has 8 nitrogen and oxygen atoms in total. The normalized spacial score (nSPS) is 10.7. The summed E-state index contributed by atoms with van der Waals surface area (Å²) in [6.45, 7) is 1.73. The molecule has 0 spiro atoms. The Bertz CT molecular complexity index is 1020. The quantitative estimate of drug-likeness (QED) is 0.570. The lowest BCUT2D eigenvalue weighted by molar-refractivity contribution is 0.202. The average Bonchev–Trinajstić information content (AvgIpc) is 3.37. The van der Waals surface area contributed by atoms with E-state index in [1.165, 1.54) is 23.7 Å². The van der Waals surface area contributed by atoms with Gasteiger partial charge in [0.25, 0.3) is 11.8 Å². The van der Waals surface area contributed by atoms with Gasteiger partial charge in [0, 0.05) is 11.6 Å². The van der Waals surface area contributed by atoms with Crippen molar-refractivity contribution in [1.82, 2.24) is 15.1 Å². The van der Waals surface area contributed by atoms with Crippen molar-refractivity contribution in [1.29, 1.82) is 0 Å². The number of hydrogen-bond donors (Lipinski definition) is 1. The van der Waals surface area contributed by atoms with Crippen LogP contribution in [-0.2, 0) is 0 Å². The number of ether oxygens (including phenoxy) is 1. The molecule has 0 aliphatic carbocycles. The lowest BCUT2D eigenvalue weighted by Crippen LogP contribution is -2.16. The van der Waals surface area contributed by atoms with Crippen molar-refractivity contribution in [3.8, 4) is 28.0 Å². The SMILES string of the molecule is Cc1noc(-c2sc(NC(=O)Oc3ccco3)nc2-c2ccccc2)n1. The molecule has 0 radical (unpaired) electrons. The molecule has 1 N–H and O–H groups in total. The number of hydrogen-bond acceptors (Lipinski definition) is 8. The summed E-state index contributed by atoms with van der Waals surface area (Å²) in [6.07, 6.45) is 0.705. The fourth-order valence-corrected chi connectivity index (χ4v) is 3.12. The zero-order valence-electron chi connectivity index (χ0n) is 13.5. The third kappa shape index (κ3) is 3.33. The van der Waals surface area contributed by atoms with Gasteiger partial charge >= 0.3 is 6.09 Å². The van der Waals surface area contributed by atoms with Crippen molar-refractivity contribution in [2.75, 3.05) is 5.32 Å². The first kappa shape index (κ1) is 16.0. The van der Waals surface area contributed by atoms with E-state index in [4.69, 9.17) is 13.7 Å². The molecule has 130 valence electrons. The fraction of sp³-hybridized carbons (Fsp3) is 0.0588. The second-order valence-corrected chi connectivity index (χ2v) is 6.16. The van der Waals surface area contributed by atoms with E-state index in [2.05, 4.69) is 20.4 Å². The molecule has 0 saturated heterocycles. The van der Waals surface area contributed by atoms with Crippen LogP contribution >= 0.6 is 11.3 Å². The minimum atomic E-state index is -0.707. The molecule has 0 bridgehead atoms. The number of carbonyl (C=O) groups excluding carboxylic acids is 1. The van der Waals surface area contributed by atoms with Crippen LogP contribution in [0.4, 0.5) is 9.93 Å². The van der Waals surface area contributed by atoms with E-state index in [1.807, 2.05) is 30.3 Å². The van der Waals surface area contributed by atoms with Gasteiger partial charge in [-0.1, -0.05) is 46.8 Å². The number of rotatable bonds is 4. The Balaban J connectivity index is 1.66. The fourth-order valence-electron chi connectivity index (χ4n) is 2.23. The molecule has 3 aromatic heterocycles. The Morgan fingerprint density at radius 2 is 2.00 bits per heavy atom. The Kier molecular flexibility index (Phi) is 4.20. The standard InChI is InChI=1S/C17H12N4O4S/c1-10-18-15(25-21-10)14-13(11-6-3-2-4-7-11)19-16(26-14)20-17(22)24-12-8-5-9-23-12/h2-9H,1H3,(H,19,20,22). The van der Waals surface area contributed by atoms with E-state index in [-0.39, 0.29) is 5.95 Å². The molecule has 26 heavy (non-hydrogen) atoms. The van der Waals surface area contributed by atoms with Crippen molar-refractivity contribution >= 4 is 22.6 Å². The number of nitrogens with zero attached hydrogens (tertiary/aromatic N) is 3. The van der Waals surface area contributed by atoms with E-state index in [9.17, 15) is 4.79 Å². The van der Waals surface area contributed by atoms with E-state index in [0.717, 1.165) is 5.56 Å². The minimum Gasteiger partial charge on any atom is -0.434 e. The maximum Gasteiger partial charge on any atom is 0.421 e. The van der Waals surface area contributed by atoms with Gasteiger partial charge in [-0.25, -0.2) is 9.78 Å². The molecular weight excluding hydrogens is 356 g/mol. The smallest absolute Gasteiger partial charge is 0.421 e. The molecule has 9 heteroatoms. The van der Waals surface area contributed by atoms with Gasteiger partial charge in [0.05, 0.1) is 12.0 Å². The number of furan rings is 1. The maximum atomic E-state index is 12.0. The monoisotopic (exact) mass is 368 g/mol. The minimum absolute atomic E-state index is 0.0927. The van der Waals surface area contributed by atoms with Crippen LogP contribution in [0.3, 0.4) is 0 Å². The lowest BCUT2D eigenvalue weighted by atomic mass is 10.1. The Morgan fingerprint density at radius 3 is 2.69 bits per heavy atom. The summed E-state index contributed by atoms with van der Waals surface area (Å²) < 4.78 is 15.3. The molecule has 0 aliphatic rings. The second kappa shape index (κ2) is 6.81. The van der Waals surface area contributed by atoms with Gasteiger partial charge in [0.1, 0.15) is 4.88 Å². The van der Waals surface area contributed by atoms with Crippen molar-refractivity contribution in [3.63, 3.8) is 0 Å². The Labute approximate surface area is 151 Å². The number of thiazole rings is 1. The molecule has 3 heterocycles. The largest absolute Gasteiger partial charge is 0.434 e. The summed E-state index contributed by atoms with van der Waals surface area (Å²) in [7, 11) is 0. The molecule has 4 rings (SSSR count). The summed E-state index contributed by atoms with van der Waals surface area (Å²) in [5.74, 6) is 0.945. The first-order valence-corrected chi connectivity index (χ1v) is 8.40. The molecule has 0 fully saturated rings. The van der Waals surface area contributed by atoms with Crippen LogP contribution in [0.25, 0.3) is 22.0 Å². The number of benzene rings is 1. The van der Waals surface area contributed by atoms with Crippen molar-refractivity contribution in [2.45, 2.75) is 6.92 Å². The summed E-state index contributed by atoms with van der Waals surface area (Å²) >= 11 is 1.21. The summed E-state index contributed by atoms with van der Waals surface area (Å²) in [5, 5.41) is 6.74.